The Kier molecular flexibility index (Phi) is 4.31. The highest BCUT2D eigenvalue weighted by Gasteiger charge is 2.17. The lowest BCUT2D eigenvalue weighted by atomic mass is 10.3. The summed E-state index contributed by atoms with van der Waals surface area (Å²) in [5.41, 5.74) is 5.98. The third kappa shape index (κ3) is 3.44. The van der Waals surface area contributed by atoms with Gasteiger partial charge in [-0.25, -0.2) is 13.1 Å². The van der Waals surface area contributed by atoms with Crippen molar-refractivity contribution in [3.8, 4) is 0 Å². The van der Waals surface area contributed by atoms with Gasteiger partial charge >= 0.3 is 0 Å². The molecular formula is C9H13BrN2O3S. The Balaban J connectivity index is 2.99. The lowest BCUT2D eigenvalue weighted by molar-refractivity contribution is 0.198. The normalized spacial score (nSPS) is 13.7. The Morgan fingerprint density at radius 2 is 2.19 bits per heavy atom. The van der Waals surface area contributed by atoms with E-state index in [9.17, 15) is 8.42 Å². The topological polar surface area (TPSA) is 92.4 Å². The fourth-order valence-corrected chi connectivity index (χ4v) is 3.26. The van der Waals surface area contributed by atoms with Gasteiger partial charge in [0.2, 0.25) is 10.0 Å². The molecule has 1 aromatic carbocycles. The standard InChI is InChI=1S/C9H13BrN2O3S/c1-6(13)5-12-16(14,15)9-3-2-7(11)4-8(9)10/h2-4,6,12-13H,5,11H2,1H3. The van der Waals surface area contributed by atoms with E-state index in [0.29, 0.717) is 10.2 Å². The van der Waals surface area contributed by atoms with E-state index in [-0.39, 0.29) is 11.4 Å². The lowest BCUT2D eigenvalue weighted by Crippen LogP contribution is -2.30. The third-order valence-electron chi connectivity index (χ3n) is 1.81. The molecule has 1 rings (SSSR count). The zero-order chi connectivity index (χ0) is 12.3. The number of hydrogen-bond donors (Lipinski definition) is 3. The van der Waals surface area contributed by atoms with Crippen molar-refractivity contribution >= 4 is 31.6 Å². The minimum atomic E-state index is -3.62. The van der Waals surface area contributed by atoms with Crippen LogP contribution in [0, 0.1) is 0 Å². The lowest BCUT2D eigenvalue weighted by Gasteiger charge is -2.10. The minimum Gasteiger partial charge on any atom is -0.399 e. The maximum atomic E-state index is 11.8. The number of halogens is 1. The molecule has 1 aromatic rings. The summed E-state index contributed by atoms with van der Waals surface area (Å²) in [4.78, 5) is 0.0994. The quantitative estimate of drug-likeness (QED) is 0.714. The fraction of sp³-hybridized carbons (Fsp3) is 0.333. The van der Waals surface area contributed by atoms with Gasteiger partial charge in [0.15, 0.2) is 0 Å². The van der Waals surface area contributed by atoms with Crippen molar-refractivity contribution in [3.05, 3.63) is 22.7 Å². The molecule has 0 fully saturated rings. The number of sulfonamides is 1. The van der Waals surface area contributed by atoms with Crippen LogP contribution < -0.4 is 10.5 Å². The minimum absolute atomic E-state index is 0.0286. The molecule has 0 aliphatic rings. The Bertz CT molecular complexity index is 474. The Morgan fingerprint density at radius 3 is 2.69 bits per heavy atom. The van der Waals surface area contributed by atoms with Crippen LogP contribution in [0.1, 0.15) is 6.92 Å². The van der Waals surface area contributed by atoms with Gasteiger partial charge in [0.1, 0.15) is 0 Å². The summed E-state index contributed by atoms with van der Waals surface area (Å²) in [5, 5.41) is 9.02. The van der Waals surface area contributed by atoms with Crippen LogP contribution >= 0.6 is 15.9 Å². The van der Waals surface area contributed by atoms with Crippen molar-refractivity contribution in [1.82, 2.24) is 4.72 Å². The largest absolute Gasteiger partial charge is 0.399 e. The number of anilines is 1. The number of nitrogen functional groups attached to an aromatic ring is 1. The summed E-state index contributed by atoms with van der Waals surface area (Å²) in [7, 11) is -3.62. The second-order valence-corrected chi connectivity index (χ2v) is 5.98. The van der Waals surface area contributed by atoms with Crippen molar-refractivity contribution in [2.24, 2.45) is 0 Å². The van der Waals surface area contributed by atoms with E-state index >= 15 is 0 Å². The van der Waals surface area contributed by atoms with Crippen LogP contribution in [0.4, 0.5) is 5.69 Å². The summed E-state index contributed by atoms with van der Waals surface area (Å²) in [6.45, 7) is 1.47. The predicted octanol–water partition coefficient (Wildman–Crippen LogP) is 0.690. The van der Waals surface area contributed by atoms with Gasteiger partial charge < -0.3 is 10.8 Å². The van der Waals surface area contributed by atoms with Gasteiger partial charge in [-0.2, -0.15) is 0 Å². The first kappa shape index (κ1) is 13.4. The highest BCUT2D eigenvalue weighted by atomic mass is 79.9. The van der Waals surface area contributed by atoms with Crippen LogP contribution in [-0.2, 0) is 10.0 Å². The maximum Gasteiger partial charge on any atom is 0.241 e. The molecule has 0 aliphatic carbocycles. The second-order valence-electron chi connectivity index (χ2n) is 3.39. The molecule has 4 N–H and O–H groups in total. The number of aliphatic hydroxyl groups excluding tert-OH is 1. The smallest absolute Gasteiger partial charge is 0.241 e. The molecule has 0 aromatic heterocycles. The number of hydrogen-bond acceptors (Lipinski definition) is 4. The first-order chi connectivity index (χ1) is 7.33. The summed E-state index contributed by atoms with van der Waals surface area (Å²) in [5.74, 6) is 0. The van der Waals surface area contributed by atoms with Gasteiger partial charge in [-0.3, -0.25) is 0 Å². The first-order valence-corrected chi connectivity index (χ1v) is 6.83. The molecule has 0 heterocycles. The number of rotatable bonds is 4. The molecule has 0 bridgehead atoms. The highest BCUT2D eigenvalue weighted by molar-refractivity contribution is 9.10. The van der Waals surface area contributed by atoms with Crippen molar-refractivity contribution in [2.45, 2.75) is 17.9 Å². The van der Waals surface area contributed by atoms with Crippen LogP contribution in [-0.4, -0.2) is 26.2 Å². The average Bonchev–Trinajstić information content (AvgIpc) is 2.14. The van der Waals surface area contributed by atoms with E-state index in [1.807, 2.05) is 0 Å². The van der Waals surface area contributed by atoms with Crippen LogP contribution in [0.25, 0.3) is 0 Å². The SMILES string of the molecule is CC(O)CNS(=O)(=O)c1ccc(N)cc1Br. The monoisotopic (exact) mass is 308 g/mol. The van der Waals surface area contributed by atoms with Gasteiger partial charge in [0, 0.05) is 16.7 Å². The van der Waals surface area contributed by atoms with Crippen LogP contribution in [0.5, 0.6) is 0 Å². The Hall–Kier alpha value is -0.630. The summed E-state index contributed by atoms with van der Waals surface area (Å²) in [6, 6.07) is 4.42. The molecular weight excluding hydrogens is 296 g/mol. The number of nitrogens with one attached hydrogen (secondary N) is 1. The zero-order valence-corrected chi connectivity index (χ0v) is 11.0. The molecule has 0 saturated carbocycles. The first-order valence-electron chi connectivity index (χ1n) is 4.55. The van der Waals surface area contributed by atoms with Gasteiger partial charge in [-0.1, -0.05) is 0 Å². The molecule has 5 nitrogen and oxygen atoms in total. The number of nitrogens with two attached hydrogens (primary N) is 1. The molecule has 0 saturated heterocycles. The fourth-order valence-electron chi connectivity index (χ4n) is 1.04. The van der Waals surface area contributed by atoms with E-state index < -0.39 is 16.1 Å². The predicted molar refractivity (Wildman–Crippen MR) is 65.4 cm³/mol. The van der Waals surface area contributed by atoms with E-state index in [0.717, 1.165) is 0 Å². The Morgan fingerprint density at radius 1 is 1.56 bits per heavy atom. The van der Waals surface area contributed by atoms with Crippen LogP contribution in [0.3, 0.4) is 0 Å². The van der Waals surface area contributed by atoms with E-state index in [1.165, 1.54) is 25.1 Å². The Labute approximate surface area is 103 Å². The summed E-state index contributed by atoms with van der Waals surface area (Å²) < 4.78 is 26.2. The molecule has 90 valence electrons. The molecule has 0 amide bonds. The average molecular weight is 309 g/mol. The maximum absolute atomic E-state index is 11.8. The number of aliphatic hydroxyl groups is 1. The van der Waals surface area contributed by atoms with E-state index in [1.54, 1.807) is 0 Å². The second kappa shape index (κ2) is 5.13. The van der Waals surface area contributed by atoms with Gasteiger partial charge in [0.05, 0.1) is 11.0 Å². The highest BCUT2D eigenvalue weighted by Crippen LogP contribution is 2.23. The van der Waals surface area contributed by atoms with Crippen molar-refractivity contribution in [3.63, 3.8) is 0 Å². The number of benzene rings is 1. The molecule has 0 radical (unpaired) electrons. The van der Waals surface area contributed by atoms with Gasteiger partial charge in [-0.05, 0) is 41.1 Å². The van der Waals surface area contributed by atoms with Crippen molar-refractivity contribution in [2.75, 3.05) is 12.3 Å². The van der Waals surface area contributed by atoms with Crippen molar-refractivity contribution in [1.29, 1.82) is 0 Å². The molecule has 0 aliphatic heterocycles. The van der Waals surface area contributed by atoms with Crippen LogP contribution in [0.2, 0.25) is 0 Å². The molecule has 0 spiro atoms. The molecule has 1 unspecified atom stereocenters. The van der Waals surface area contributed by atoms with Crippen molar-refractivity contribution < 1.29 is 13.5 Å². The molecule has 7 heteroatoms. The van der Waals surface area contributed by atoms with Crippen LogP contribution in [0.15, 0.2) is 27.6 Å². The van der Waals surface area contributed by atoms with E-state index in [4.69, 9.17) is 10.8 Å². The van der Waals surface area contributed by atoms with Gasteiger partial charge in [-0.15, -0.1) is 0 Å². The molecule has 16 heavy (non-hydrogen) atoms. The zero-order valence-electron chi connectivity index (χ0n) is 8.64. The van der Waals surface area contributed by atoms with E-state index in [2.05, 4.69) is 20.7 Å². The van der Waals surface area contributed by atoms with Gasteiger partial charge in [0.25, 0.3) is 0 Å². The summed E-state index contributed by atoms with van der Waals surface area (Å²) >= 11 is 3.13. The third-order valence-corrected chi connectivity index (χ3v) is 4.21. The summed E-state index contributed by atoms with van der Waals surface area (Å²) in [6.07, 6.45) is -0.734. The molecule has 1 atom stereocenters.